The molecular formula is C95H61N9O2. The lowest BCUT2D eigenvalue weighted by atomic mass is 9.90. The van der Waals surface area contributed by atoms with Crippen LogP contribution in [0.5, 0.6) is 0 Å². The molecule has 106 heavy (non-hydrogen) atoms. The van der Waals surface area contributed by atoms with Gasteiger partial charge in [-0.1, -0.05) is 267 Å². The number of para-hydroxylation sites is 4. The zero-order valence-corrected chi connectivity index (χ0v) is 57.0. The monoisotopic (exact) mass is 1360 g/mol. The predicted octanol–water partition coefficient (Wildman–Crippen LogP) is 23.2. The number of nitrogens with zero attached hydrogens (tertiary/aromatic N) is 7. The molecule has 2 unspecified atom stereocenters. The highest BCUT2D eigenvalue weighted by atomic mass is 16.3. The summed E-state index contributed by atoms with van der Waals surface area (Å²) in [5, 5.41) is 11.9. The highest BCUT2D eigenvalue weighted by Crippen LogP contribution is 2.52. The van der Waals surface area contributed by atoms with E-state index in [4.69, 9.17) is 33.8 Å². The average Bonchev–Trinajstić information content (AvgIpc) is 1.55. The van der Waals surface area contributed by atoms with Gasteiger partial charge in [0.25, 0.3) is 0 Å². The van der Waals surface area contributed by atoms with Crippen LogP contribution in [0.1, 0.15) is 40.0 Å². The van der Waals surface area contributed by atoms with E-state index in [1.807, 2.05) is 54.6 Å². The van der Waals surface area contributed by atoms with E-state index in [1.54, 1.807) is 0 Å². The van der Waals surface area contributed by atoms with Crippen LogP contribution < -0.4 is 10.6 Å². The minimum absolute atomic E-state index is 0.236. The topological polar surface area (TPSA) is 124 Å². The minimum atomic E-state index is -0.518. The quantitative estimate of drug-likeness (QED) is 0.125. The third kappa shape index (κ3) is 10.1. The van der Waals surface area contributed by atoms with Crippen LogP contribution in [0.2, 0.25) is 0 Å². The third-order valence-corrected chi connectivity index (χ3v) is 20.9. The first-order valence-corrected chi connectivity index (χ1v) is 35.8. The zero-order chi connectivity index (χ0) is 69.8. The fourth-order valence-electron chi connectivity index (χ4n) is 15.9. The Morgan fingerprint density at radius 1 is 0.340 bits per heavy atom. The Labute approximate surface area is 609 Å². The molecule has 0 fully saturated rings. The van der Waals surface area contributed by atoms with Crippen molar-refractivity contribution in [1.82, 2.24) is 29.4 Å². The van der Waals surface area contributed by atoms with Crippen molar-refractivity contribution in [2.75, 3.05) is 5.32 Å². The number of benzene rings is 13. The molecule has 2 N–H and O–H groups in total. The first-order chi connectivity index (χ1) is 52.5. The number of hydrogen-bond acceptors (Lipinski definition) is 9. The molecule has 0 aliphatic carbocycles. The average molecular weight is 1360 g/mol. The van der Waals surface area contributed by atoms with Crippen molar-refractivity contribution in [3.63, 3.8) is 0 Å². The smallest absolute Gasteiger partial charge is 0.161 e. The first kappa shape index (κ1) is 60.5. The SMILES string of the molecule is c1ccc(C2=NC(c3ccc4c(c3)NC(c3ccccc3)c3c-4oc4c5ccccc5n(-c5ccccc5)c34)NC(c3ccccc3-c3ccc(-c4nc5cc(-c6ccc(-c7cc(-c8ccccc8)nc(-c8ccccc8)n7)cc6)ccc5c5oc6c7ccccc7n(-c7ccccc7)c6c45)cc3)=N2)cc1. The van der Waals surface area contributed by atoms with Crippen molar-refractivity contribution in [1.29, 1.82) is 0 Å². The zero-order valence-electron chi connectivity index (χ0n) is 57.0. The summed E-state index contributed by atoms with van der Waals surface area (Å²) in [7, 11) is 0. The summed E-state index contributed by atoms with van der Waals surface area (Å²) in [6.45, 7) is 0. The normalized spacial score (nSPS) is 14.1. The lowest BCUT2D eigenvalue weighted by Crippen LogP contribution is -2.34. The van der Waals surface area contributed by atoms with Crippen LogP contribution in [0.15, 0.2) is 365 Å². The molecule has 21 rings (SSSR count). The second kappa shape index (κ2) is 24.8. The maximum Gasteiger partial charge on any atom is 0.161 e. The number of pyridine rings is 1. The van der Waals surface area contributed by atoms with Gasteiger partial charge in [-0.05, 0) is 112 Å². The summed E-state index contributed by atoms with van der Waals surface area (Å²) in [5.41, 5.74) is 27.0. The van der Waals surface area contributed by atoms with E-state index in [9.17, 15) is 0 Å². The molecule has 8 heterocycles. The molecule has 0 radical (unpaired) electrons. The van der Waals surface area contributed by atoms with Gasteiger partial charge < -0.3 is 28.6 Å². The largest absolute Gasteiger partial charge is 0.453 e. The summed E-state index contributed by atoms with van der Waals surface area (Å²) in [6, 6.07) is 121. The van der Waals surface area contributed by atoms with Gasteiger partial charge in [0, 0.05) is 72.2 Å². The Morgan fingerprint density at radius 3 is 1.54 bits per heavy atom. The second-order valence-corrected chi connectivity index (χ2v) is 27.1. The number of amidine groups is 2. The summed E-state index contributed by atoms with van der Waals surface area (Å²) >= 11 is 0. The Balaban J connectivity index is 0.663. The van der Waals surface area contributed by atoms with Crippen molar-refractivity contribution in [2.45, 2.75) is 12.2 Å². The Kier molecular flexibility index (Phi) is 14.1. The molecule has 11 nitrogen and oxygen atoms in total. The Bertz CT molecular complexity index is 6670. The summed E-state index contributed by atoms with van der Waals surface area (Å²) in [4.78, 5) is 26.8. The van der Waals surface area contributed by atoms with Gasteiger partial charge in [-0.3, -0.25) is 0 Å². The van der Waals surface area contributed by atoms with Crippen LogP contribution in [0.3, 0.4) is 0 Å². The molecule has 498 valence electrons. The second-order valence-electron chi connectivity index (χ2n) is 27.1. The van der Waals surface area contributed by atoms with E-state index >= 15 is 0 Å². The number of aliphatic imine (C=N–C) groups is 2. The molecule has 0 amide bonds. The highest BCUT2D eigenvalue weighted by molar-refractivity contribution is 6.24. The molecule has 13 aromatic carbocycles. The van der Waals surface area contributed by atoms with Crippen molar-refractivity contribution in [3.8, 4) is 90.1 Å². The van der Waals surface area contributed by atoms with Gasteiger partial charge in [0.15, 0.2) is 22.8 Å². The molecule has 0 spiro atoms. The maximum absolute atomic E-state index is 7.29. The fraction of sp³-hybridized carbons (Fsp3) is 0.0211. The van der Waals surface area contributed by atoms with Gasteiger partial charge in [0.2, 0.25) is 0 Å². The number of anilines is 1. The predicted molar refractivity (Wildman–Crippen MR) is 430 cm³/mol. The van der Waals surface area contributed by atoms with Crippen molar-refractivity contribution >= 4 is 83.2 Å². The Hall–Kier alpha value is -14.3. The van der Waals surface area contributed by atoms with Crippen LogP contribution in [0, 0.1) is 0 Å². The number of rotatable bonds is 12. The minimum Gasteiger partial charge on any atom is -0.453 e. The lowest BCUT2D eigenvalue weighted by Gasteiger charge is -2.29. The number of nitrogens with one attached hydrogen (secondary N) is 2. The molecule has 6 aromatic heterocycles. The van der Waals surface area contributed by atoms with Crippen LogP contribution in [0.25, 0.3) is 156 Å². The standard InChI is InChI=1S/C95H61N9O2/c1-7-25-60(26-8-1)76-57-77(99-92(98-76)64-29-11-3-12-30-64)61-47-43-58(44-48-61)66-51-53-72-78(55-66)96-85(83-87-91(105-88(72)83)75-40-22-24-42-81(75)104(87)69-35-17-6-18-36-69)63-49-45-59(46-50-63)70-37-19-20-38-71(70)95-101-93(65-31-13-4-14-32-65)100-94(102-95)67-52-54-73-79(56-67)97-84(62-27-9-2-10-28-62)82-86-90(106-89(73)82)74-39-21-23-41-80(74)103(86)68-33-15-5-16-34-68/h1-57,84,94,97H,(H,100,101,102). The molecule has 19 aromatic rings. The van der Waals surface area contributed by atoms with E-state index in [2.05, 4.69) is 311 Å². The van der Waals surface area contributed by atoms with E-state index in [0.29, 0.717) is 17.5 Å². The first-order valence-electron chi connectivity index (χ1n) is 35.8. The van der Waals surface area contributed by atoms with E-state index in [-0.39, 0.29) is 6.04 Å². The van der Waals surface area contributed by atoms with Crippen molar-refractivity contribution in [3.05, 3.63) is 374 Å². The van der Waals surface area contributed by atoms with Crippen LogP contribution in [-0.2, 0) is 0 Å². The third-order valence-electron chi connectivity index (χ3n) is 20.9. The van der Waals surface area contributed by atoms with Gasteiger partial charge in [0.05, 0.1) is 56.1 Å². The van der Waals surface area contributed by atoms with E-state index < -0.39 is 6.17 Å². The summed E-state index contributed by atoms with van der Waals surface area (Å²) in [6.07, 6.45) is -0.518. The van der Waals surface area contributed by atoms with Crippen LogP contribution in [-0.4, -0.2) is 35.8 Å². The number of fused-ring (bicyclic) bond motifs is 14. The molecular weight excluding hydrogens is 1300 g/mol. The molecule has 0 saturated carbocycles. The van der Waals surface area contributed by atoms with Gasteiger partial charge >= 0.3 is 0 Å². The highest BCUT2D eigenvalue weighted by Gasteiger charge is 2.36. The summed E-state index contributed by atoms with van der Waals surface area (Å²) in [5.74, 6) is 2.86. The van der Waals surface area contributed by atoms with Gasteiger partial charge in [-0.2, -0.15) is 0 Å². The van der Waals surface area contributed by atoms with Crippen LogP contribution in [0.4, 0.5) is 5.69 Å². The molecule has 0 saturated heterocycles. The fourth-order valence-corrected chi connectivity index (χ4v) is 15.9. The van der Waals surface area contributed by atoms with Crippen LogP contribution >= 0.6 is 0 Å². The maximum atomic E-state index is 7.29. The molecule has 2 atom stereocenters. The number of aromatic nitrogens is 5. The van der Waals surface area contributed by atoms with Crippen molar-refractivity contribution in [2.24, 2.45) is 9.98 Å². The van der Waals surface area contributed by atoms with Crippen molar-refractivity contribution < 1.29 is 8.83 Å². The van der Waals surface area contributed by atoms with Gasteiger partial charge in [-0.25, -0.2) is 24.9 Å². The molecule has 0 bridgehead atoms. The lowest BCUT2D eigenvalue weighted by molar-refractivity contribution is 0.625. The molecule has 2 aliphatic heterocycles. The van der Waals surface area contributed by atoms with E-state index in [0.717, 1.165) is 184 Å². The summed E-state index contributed by atoms with van der Waals surface area (Å²) < 4.78 is 19.2. The molecule has 2 aliphatic rings. The number of furan rings is 2. The number of hydrogen-bond donors (Lipinski definition) is 2. The van der Waals surface area contributed by atoms with Gasteiger partial charge in [-0.15, -0.1) is 0 Å². The Morgan fingerprint density at radius 2 is 0.868 bits per heavy atom. The van der Waals surface area contributed by atoms with E-state index in [1.165, 1.54) is 0 Å². The molecule has 11 heteroatoms. The van der Waals surface area contributed by atoms with Gasteiger partial charge in [0.1, 0.15) is 28.9 Å².